The maximum absolute atomic E-state index is 2.49. The Morgan fingerprint density at radius 3 is 1.27 bits per heavy atom. The van der Waals surface area contributed by atoms with E-state index in [1.54, 1.807) is 0 Å². The van der Waals surface area contributed by atoms with Gasteiger partial charge in [-0.05, 0) is 118 Å². The van der Waals surface area contributed by atoms with Crippen molar-refractivity contribution in [2.24, 2.45) is 0 Å². The van der Waals surface area contributed by atoms with Crippen molar-refractivity contribution in [3.63, 3.8) is 0 Å². The van der Waals surface area contributed by atoms with Gasteiger partial charge in [0.25, 0.3) is 0 Å². The molecule has 59 heavy (non-hydrogen) atoms. The summed E-state index contributed by atoms with van der Waals surface area (Å²) in [6.45, 7) is 2.49. The zero-order chi connectivity index (χ0) is 39.4. The van der Waals surface area contributed by atoms with Crippen molar-refractivity contribution < 1.29 is 0 Å². The van der Waals surface area contributed by atoms with Crippen LogP contribution in [0.2, 0.25) is 0 Å². The van der Waals surface area contributed by atoms with Crippen molar-refractivity contribution in [2.75, 3.05) is 9.80 Å². The summed E-state index contributed by atoms with van der Waals surface area (Å²) in [6, 6.07) is 86.8. The van der Waals surface area contributed by atoms with Crippen molar-refractivity contribution in [1.82, 2.24) is 0 Å². The van der Waals surface area contributed by atoms with Crippen molar-refractivity contribution >= 4 is 34.1 Å². The van der Waals surface area contributed by atoms with Gasteiger partial charge in [0.15, 0.2) is 0 Å². The third-order valence-corrected chi connectivity index (χ3v) is 12.9. The Morgan fingerprint density at radius 1 is 0.339 bits per heavy atom. The first kappa shape index (κ1) is 34.8. The molecule has 280 valence electrons. The molecule has 9 aromatic carbocycles. The van der Waals surface area contributed by atoms with Crippen LogP contribution in [0, 0.1) is 0 Å². The molecule has 0 fully saturated rings. The second-order valence-corrected chi connectivity index (χ2v) is 15.8. The molecule has 0 unspecified atom stereocenters. The van der Waals surface area contributed by atoms with Gasteiger partial charge in [-0.1, -0.05) is 176 Å². The smallest absolute Gasteiger partial charge is 0.0627 e. The minimum atomic E-state index is -0.573. The van der Waals surface area contributed by atoms with Crippen LogP contribution in [0.1, 0.15) is 34.7 Å². The predicted octanol–water partition coefficient (Wildman–Crippen LogP) is 14.9. The molecular formula is C57H42N2. The normalized spacial score (nSPS) is 14.1. The monoisotopic (exact) mass is 754 g/mol. The fraction of sp³-hybridized carbons (Fsp3) is 0.0526. The van der Waals surface area contributed by atoms with Gasteiger partial charge in [0.1, 0.15) is 0 Å². The van der Waals surface area contributed by atoms with Crippen LogP contribution in [0.25, 0.3) is 22.3 Å². The van der Waals surface area contributed by atoms with Gasteiger partial charge >= 0.3 is 0 Å². The maximum atomic E-state index is 2.49. The summed E-state index contributed by atoms with van der Waals surface area (Å²) < 4.78 is 0. The summed E-state index contributed by atoms with van der Waals surface area (Å²) in [5.74, 6) is 0. The Balaban J connectivity index is 1.09. The van der Waals surface area contributed by atoms with Gasteiger partial charge in [0.05, 0.1) is 16.8 Å². The molecule has 0 saturated carbocycles. The molecule has 0 aromatic heterocycles. The number of nitrogens with zero attached hydrogens (tertiary/aromatic N) is 2. The van der Waals surface area contributed by atoms with Gasteiger partial charge in [0.2, 0.25) is 0 Å². The van der Waals surface area contributed by atoms with Crippen LogP contribution in [0.5, 0.6) is 0 Å². The molecule has 0 spiro atoms. The van der Waals surface area contributed by atoms with Gasteiger partial charge in [-0.2, -0.15) is 0 Å². The lowest BCUT2D eigenvalue weighted by Crippen LogP contribution is -2.51. The second-order valence-electron chi connectivity index (χ2n) is 15.8. The number of para-hydroxylation sites is 3. The number of hydrogen-bond donors (Lipinski definition) is 0. The van der Waals surface area contributed by atoms with Gasteiger partial charge in [-0.25, -0.2) is 0 Å². The van der Waals surface area contributed by atoms with Crippen molar-refractivity contribution in [1.29, 1.82) is 0 Å². The molecular weight excluding hydrogens is 713 g/mol. The van der Waals surface area contributed by atoms with Crippen LogP contribution in [-0.2, 0) is 10.8 Å². The van der Waals surface area contributed by atoms with Crippen LogP contribution in [-0.4, -0.2) is 0 Å². The van der Waals surface area contributed by atoms with Crippen LogP contribution in [0.3, 0.4) is 0 Å². The highest BCUT2D eigenvalue weighted by atomic mass is 15.2. The lowest BCUT2D eigenvalue weighted by atomic mass is 9.50. The third-order valence-electron chi connectivity index (χ3n) is 12.9. The Hall–Kier alpha value is -7.42. The number of benzene rings is 9. The molecule has 1 heterocycles. The minimum absolute atomic E-state index is 0.448. The van der Waals surface area contributed by atoms with Crippen LogP contribution >= 0.6 is 0 Å². The minimum Gasteiger partial charge on any atom is -0.311 e. The van der Waals surface area contributed by atoms with Gasteiger partial charge in [-0.3, -0.25) is 0 Å². The topological polar surface area (TPSA) is 6.48 Å². The highest BCUT2D eigenvalue weighted by Crippen LogP contribution is 2.67. The van der Waals surface area contributed by atoms with E-state index >= 15 is 0 Å². The molecule has 0 N–H and O–H groups in total. The SMILES string of the molecule is CC1(C2(c3ccccc3)c3ccccc3N(c3ccc(N(c4ccccc4)c4ccc(-c5ccccc5)cc4)cc3)c3ccccc32)c2ccccc2-c2ccccc21. The molecule has 0 amide bonds. The summed E-state index contributed by atoms with van der Waals surface area (Å²) in [5, 5.41) is 0. The summed E-state index contributed by atoms with van der Waals surface area (Å²) in [6.07, 6.45) is 0. The summed E-state index contributed by atoms with van der Waals surface area (Å²) in [7, 11) is 0. The maximum Gasteiger partial charge on any atom is 0.0627 e. The molecule has 1 aliphatic carbocycles. The van der Waals surface area contributed by atoms with Crippen molar-refractivity contribution in [2.45, 2.75) is 17.8 Å². The zero-order valence-electron chi connectivity index (χ0n) is 32.9. The largest absolute Gasteiger partial charge is 0.311 e. The van der Waals surface area contributed by atoms with Crippen molar-refractivity contribution in [3.8, 4) is 22.3 Å². The molecule has 1 aliphatic heterocycles. The molecule has 0 atom stereocenters. The molecule has 0 saturated heterocycles. The lowest BCUT2D eigenvalue weighted by molar-refractivity contribution is 0.395. The van der Waals surface area contributed by atoms with E-state index in [9.17, 15) is 0 Å². The van der Waals surface area contributed by atoms with E-state index in [-0.39, 0.29) is 0 Å². The average Bonchev–Trinajstić information content (AvgIpc) is 3.58. The van der Waals surface area contributed by atoms with E-state index in [0.29, 0.717) is 0 Å². The average molecular weight is 755 g/mol. The van der Waals surface area contributed by atoms with Crippen LogP contribution in [0.15, 0.2) is 237 Å². The van der Waals surface area contributed by atoms with Crippen molar-refractivity contribution in [3.05, 3.63) is 264 Å². The fourth-order valence-corrected chi connectivity index (χ4v) is 10.4. The molecule has 0 bridgehead atoms. The Kier molecular flexibility index (Phi) is 8.20. The predicted molar refractivity (Wildman–Crippen MR) is 246 cm³/mol. The number of rotatable bonds is 7. The number of hydrogen-bond acceptors (Lipinski definition) is 2. The first-order valence-electron chi connectivity index (χ1n) is 20.5. The fourth-order valence-electron chi connectivity index (χ4n) is 10.4. The van der Waals surface area contributed by atoms with E-state index in [1.165, 1.54) is 61.4 Å². The van der Waals surface area contributed by atoms with E-state index in [4.69, 9.17) is 0 Å². The molecule has 2 aliphatic rings. The highest BCUT2D eigenvalue weighted by molar-refractivity contribution is 5.93. The molecule has 2 nitrogen and oxygen atoms in total. The van der Waals surface area contributed by atoms with Gasteiger partial charge in [-0.15, -0.1) is 0 Å². The van der Waals surface area contributed by atoms with Gasteiger partial charge < -0.3 is 9.80 Å². The van der Waals surface area contributed by atoms with Crippen LogP contribution < -0.4 is 9.80 Å². The summed E-state index contributed by atoms with van der Waals surface area (Å²) >= 11 is 0. The van der Waals surface area contributed by atoms with E-state index in [0.717, 1.165) is 22.7 Å². The standard InChI is InChI=1S/C57H42N2/c1-56(50-27-13-11-25-48(50)49-26-12-14-28-51(49)56)57(43-21-7-3-8-22-43)52-29-15-17-31-54(52)59(55-32-18-16-30-53(55)57)47-39-37-46(38-40-47)58(44-23-9-4-10-24-44)45-35-33-42(34-36-45)41-19-5-2-6-20-41/h2-40H,1H3. The van der Waals surface area contributed by atoms with E-state index in [2.05, 4.69) is 253 Å². The molecule has 9 aromatic rings. The highest BCUT2D eigenvalue weighted by Gasteiger charge is 2.60. The van der Waals surface area contributed by atoms with Crippen LogP contribution in [0.4, 0.5) is 34.1 Å². The van der Waals surface area contributed by atoms with E-state index < -0.39 is 10.8 Å². The summed E-state index contributed by atoms with van der Waals surface area (Å²) in [4.78, 5) is 4.82. The quantitative estimate of drug-likeness (QED) is 0.160. The number of fused-ring (bicyclic) bond motifs is 5. The van der Waals surface area contributed by atoms with E-state index in [1.807, 2.05) is 0 Å². The second kappa shape index (κ2) is 13.9. The lowest BCUT2D eigenvalue weighted by Gasteiger charge is -2.54. The first-order valence-corrected chi connectivity index (χ1v) is 20.5. The molecule has 11 rings (SSSR count). The zero-order valence-corrected chi connectivity index (χ0v) is 32.9. The Labute approximate surface area is 346 Å². The molecule has 0 radical (unpaired) electrons. The Bertz CT molecular complexity index is 2840. The number of anilines is 6. The van der Waals surface area contributed by atoms with Gasteiger partial charge in [0, 0.05) is 28.2 Å². The Morgan fingerprint density at radius 2 is 0.729 bits per heavy atom. The summed E-state index contributed by atoms with van der Waals surface area (Å²) in [5.41, 5.74) is 17.4. The molecule has 2 heteroatoms. The first-order chi connectivity index (χ1) is 29.2. The third kappa shape index (κ3) is 5.20.